The normalized spacial score (nSPS) is 18.2. The molecule has 0 radical (unpaired) electrons. The van der Waals surface area contributed by atoms with Crippen LogP contribution < -0.4 is 0 Å². The summed E-state index contributed by atoms with van der Waals surface area (Å²) < 4.78 is 18.2. The van der Waals surface area contributed by atoms with Gasteiger partial charge >= 0.3 is 5.97 Å². The van der Waals surface area contributed by atoms with E-state index < -0.39 is 5.97 Å². The lowest BCUT2D eigenvalue weighted by Gasteiger charge is -2.28. The number of amides is 1. The summed E-state index contributed by atoms with van der Waals surface area (Å²) in [5.74, 6) is -1.95. The fourth-order valence-electron chi connectivity index (χ4n) is 2.38. The van der Waals surface area contributed by atoms with Crippen LogP contribution in [-0.2, 0) is 20.9 Å². The molecule has 5 nitrogen and oxygen atoms in total. The van der Waals surface area contributed by atoms with Crippen LogP contribution in [0.2, 0.25) is 0 Å². The predicted octanol–water partition coefficient (Wildman–Crippen LogP) is 1.67. The Hall–Kier alpha value is -1.95. The molecule has 1 saturated heterocycles. The SMILES string of the molecule is O=C(O)CN(Cc1ccc(F)cc1)C(=O)[C@H]1CCCOC1. The maximum Gasteiger partial charge on any atom is 0.323 e. The average molecular weight is 295 g/mol. The van der Waals surface area contributed by atoms with Gasteiger partial charge in [-0.15, -0.1) is 0 Å². The molecular weight excluding hydrogens is 277 g/mol. The van der Waals surface area contributed by atoms with Crippen molar-refractivity contribution < 1.29 is 23.8 Å². The van der Waals surface area contributed by atoms with Crippen LogP contribution in [0.1, 0.15) is 18.4 Å². The third kappa shape index (κ3) is 4.53. The van der Waals surface area contributed by atoms with Crippen molar-refractivity contribution in [2.24, 2.45) is 5.92 Å². The standard InChI is InChI=1S/C15H18FNO4/c16-13-5-3-11(4-6-13)8-17(9-14(18)19)15(20)12-2-1-7-21-10-12/h3-6,12H,1-2,7-10H2,(H,18,19)/t12-/m0/s1. The number of carbonyl (C=O) groups excluding carboxylic acids is 1. The molecular formula is C15H18FNO4. The summed E-state index contributed by atoms with van der Waals surface area (Å²) in [6, 6.07) is 5.69. The Bertz CT molecular complexity index is 497. The van der Waals surface area contributed by atoms with E-state index >= 15 is 0 Å². The summed E-state index contributed by atoms with van der Waals surface area (Å²) in [6.45, 7) is 0.758. The Morgan fingerprint density at radius 2 is 2.05 bits per heavy atom. The quantitative estimate of drug-likeness (QED) is 0.897. The van der Waals surface area contributed by atoms with Gasteiger partial charge in [0.2, 0.25) is 5.91 Å². The Morgan fingerprint density at radius 3 is 2.62 bits per heavy atom. The molecule has 1 aliphatic rings. The van der Waals surface area contributed by atoms with Crippen LogP contribution >= 0.6 is 0 Å². The molecule has 1 heterocycles. The zero-order valence-electron chi connectivity index (χ0n) is 11.6. The maximum atomic E-state index is 12.9. The predicted molar refractivity (Wildman–Crippen MR) is 73.0 cm³/mol. The molecule has 21 heavy (non-hydrogen) atoms. The van der Waals surface area contributed by atoms with Crippen molar-refractivity contribution in [2.75, 3.05) is 19.8 Å². The second kappa shape index (κ2) is 7.17. The minimum Gasteiger partial charge on any atom is -0.480 e. The molecule has 1 amide bonds. The lowest BCUT2D eigenvalue weighted by molar-refractivity contribution is -0.149. The fraction of sp³-hybridized carbons (Fsp3) is 0.467. The molecule has 0 saturated carbocycles. The molecule has 0 unspecified atom stereocenters. The van der Waals surface area contributed by atoms with Gasteiger partial charge in [-0.1, -0.05) is 12.1 Å². The highest BCUT2D eigenvalue weighted by atomic mass is 19.1. The first-order valence-corrected chi connectivity index (χ1v) is 6.89. The highest BCUT2D eigenvalue weighted by Gasteiger charge is 2.27. The Balaban J connectivity index is 2.07. The third-order valence-electron chi connectivity index (χ3n) is 3.43. The number of ether oxygens (including phenoxy) is 1. The van der Waals surface area contributed by atoms with Crippen LogP contribution in [0.5, 0.6) is 0 Å². The number of benzene rings is 1. The molecule has 1 aromatic carbocycles. The van der Waals surface area contributed by atoms with Crippen molar-refractivity contribution in [3.05, 3.63) is 35.6 Å². The van der Waals surface area contributed by atoms with E-state index in [2.05, 4.69) is 0 Å². The Kier molecular flexibility index (Phi) is 5.27. The second-order valence-electron chi connectivity index (χ2n) is 5.13. The van der Waals surface area contributed by atoms with E-state index in [1.165, 1.54) is 17.0 Å². The van der Waals surface area contributed by atoms with Gasteiger partial charge in [-0.25, -0.2) is 4.39 Å². The van der Waals surface area contributed by atoms with E-state index in [1.807, 2.05) is 0 Å². The molecule has 0 aromatic heterocycles. The van der Waals surface area contributed by atoms with Crippen LogP contribution in [0, 0.1) is 11.7 Å². The number of carbonyl (C=O) groups is 2. The molecule has 6 heteroatoms. The van der Waals surface area contributed by atoms with Gasteiger partial charge in [0.15, 0.2) is 0 Å². The summed E-state index contributed by atoms with van der Waals surface area (Å²) in [6.07, 6.45) is 1.51. The fourth-order valence-corrected chi connectivity index (χ4v) is 2.38. The first-order chi connectivity index (χ1) is 10.1. The smallest absolute Gasteiger partial charge is 0.323 e. The van der Waals surface area contributed by atoms with Crippen LogP contribution in [0.15, 0.2) is 24.3 Å². The molecule has 1 aliphatic heterocycles. The minimum absolute atomic E-state index is 0.155. The van der Waals surface area contributed by atoms with E-state index in [0.717, 1.165) is 6.42 Å². The van der Waals surface area contributed by atoms with Gasteiger partial charge in [-0.05, 0) is 30.5 Å². The molecule has 1 N–H and O–H groups in total. The van der Waals surface area contributed by atoms with Crippen molar-refractivity contribution in [2.45, 2.75) is 19.4 Å². The summed E-state index contributed by atoms with van der Waals surface area (Å²) in [7, 11) is 0. The maximum absolute atomic E-state index is 12.9. The van der Waals surface area contributed by atoms with E-state index in [1.54, 1.807) is 12.1 Å². The summed E-state index contributed by atoms with van der Waals surface area (Å²) >= 11 is 0. The van der Waals surface area contributed by atoms with Crippen LogP contribution in [0.3, 0.4) is 0 Å². The molecule has 0 spiro atoms. The van der Waals surface area contributed by atoms with Crippen molar-refractivity contribution in [1.29, 1.82) is 0 Å². The van der Waals surface area contributed by atoms with Gasteiger partial charge in [0.05, 0.1) is 12.5 Å². The third-order valence-corrected chi connectivity index (χ3v) is 3.43. The van der Waals surface area contributed by atoms with Crippen LogP contribution in [0.25, 0.3) is 0 Å². The number of rotatable bonds is 5. The minimum atomic E-state index is -1.07. The van der Waals surface area contributed by atoms with Gasteiger partial charge in [0.1, 0.15) is 12.4 Å². The Labute approximate surface area is 122 Å². The Morgan fingerprint density at radius 1 is 1.33 bits per heavy atom. The van der Waals surface area contributed by atoms with E-state index in [0.29, 0.717) is 25.2 Å². The zero-order valence-corrected chi connectivity index (χ0v) is 11.6. The number of aliphatic carboxylic acids is 1. The number of nitrogens with zero attached hydrogens (tertiary/aromatic N) is 1. The van der Waals surface area contributed by atoms with Gasteiger partial charge in [-0.3, -0.25) is 9.59 Å². The molecule has 114 valence electrons. The summed E-state index contributed by atoms with van der Waals surface area (Å²) in [5, 5.41) is 8.97. The highest BCUT2D eigenvalue weighted by Crippen LogP contribution is 2.18. The van der Waals surface area contributed by atoms with Gasteiger partial charge in [0, 0.05) is 13.2 Å². The van der Waals surface area contributed by atoms with Crippen molar-refractivity contribution in [3.8, 4) is 0 Å². The number of hydrogen-bond acceptors (Lipinski definition) is 3. The van der Waals surface area contributed by atoms with E-state index in [4.69, 9.17) is 9.84 Å². The lowest BCUT2D eigenvalue weighted by atomic mass is 10.0. The number of hydrogen-bond donors (Lipinski definition) is 1. The van der Waals surface area contributed by atoms with E-state index in [9.17, 15) is 14.0 Å². The average Bonchev–Trinajstić information content (AvgIpc) is 2.48. The molecule has 1 fully saturated rings. The van der Waals surface area contributed by atoms with Gasteiger partial charge < -0.3 is 14.7 Å². The van der Waals surface area contributed by atoms with E-state index in [-0.39, 0.29) is 30.7 Å². The first-order valence-electron chi connectivity index (χ1n) is 6.89. The number of halogens is 1. The van der Waals surface area contributed by atoms with Crippen molar-refractivity contribution >= 4 is 11.9 Å². The van der Waals surface area contributed by atoms with Gasteiger partial charge in [-0.2, -0.15) is 0 Å². The monoisotopic (exact) mass is 295 g/mol. The molecule has 1 aromatic rings. The number of carboxylic acid groups (broad SMARTS) is 1. The number of carboxylic acids is 1. The van der Waals surface area contributed by atoms with Crippen molar-refractivity contribution in [3.63, 3.8) is 0 Å². The molecule has 0 aliphatic carbocycles. The summed E-state index contributed by atoms with van der Waals surface area (Å²) in [4.78, 5) is 24.7. The zero-order chi connectivity index (χ0) is 15.2. The summed E-state index contributed by atoms with van der Waals surface area (Å²) in [5.41, 5.74) is 0.697. The highest BCUT2D eigenvalue weighted by molar-refractivity contribution is 5.83. The topological polar surface area (TPSA) is 66.8 Å². The molecule has 0 bridgehead atoms. The lowest BCUT2D eigenvalue weighted by Crippen LogP contribution is -2.41. The first kappa shape index (κ1) is 15.4. The molecule has 2 rings (SSSR count). The van der Waals surface area contributed by atoms with Crippen LogP contribution in [0.4, 0.5) is 4.39 Å². The van der Waals surface area contributed by atoms with Crippen molar-refractivity contribution in [1.82, 2.24) is 4.90 Å². The largest absolute Gasteiger partial charge is 0.480 e. The van der Waals surface area contributed by atoms with Gasteiger partial charge in [0.25, 0.3) is 0 Å². The second-order valence-corrected chi connectivity index (χ2v) is 5.13. The van der Waals surface area contributed by atoms with Crippen LogP contribution in [-0.4, -0.2) is 41.6 Å². The molecule has 1 atom stereocenters.